The van der Waals surface area contributed by atoms with Gasteiger partial charge in [0.05, 0.1) is 6.26 Å². The predicted molar refractivity (Wildman–Crippen MR) is 80.4 cm³/mol. The second kappa shape index (κ2) is 6.55. The van der Waals surface area contributed by atoms with Gasteiger partial charge in [-0.05, 0) is 37.0 Å². The van der Waals surface area contributed by atoms with Gasteiger partial charge < -0.3 is 10.4 Å². The highest BCUT2D eigenvalue weighted by Gasteiger charge is 2.36. The number of sulfonamides is 1. The third kappa shape index (κ3) is 4.03. The van der Waals surface area contributed by atoms with Gasteiger partial charge in [0.2, 0.25) is 15.9 Å². The van der Waals surface area contributed by atoms with Crippen molar-refractivity contribution < 1.29 is 18.3 Å². The van der Waals surface area contributed by atoms with Crippen molar-refractivity contribution in [3.63, 3.8) is 0 Å². The molecule has 1 aromatic carbocycles. The summed E-state index contributed by atoms with van der Waals surface area (Å²) in [6, 6.07) is 6.53. The second-order valence-corrected chi connectivity index (χ2v) is 7.13. The van der Waals surface area contributed by atoms with Crippen molar-refractivity contribution in [2.24, 2.45) is 0 Å². The minimum atomic E-state index is -3.36. The molecule has 21 heavy (non-hydrogen) atoms. The lowest BCUT2D eigenvalue weighted by Crippen LogP contribution is -2.42. The number of rotatable bonds is 5. The van der Waals surface area contributed by atoms with Gasteiger partial charge in [-0.2, -0.15) is 4.31 Å². The maximum absolute atomic E-state index is 12.2. The molecule has 0 radical (unpaired) electrons. The van der Waals surface area contributed by atoms with Crippen LogP contribution in [-0.2, 0) is 21.2 Å². The Morgan fingerprint density at radius 3 is 2.62 bits per heavy atom. The van der Waals surface area contributed by atoms with E-state index in [1.54, 1.807) is 12.1 Å². The van der Waals surface area contributed by atoms with E-state index >= 15 is 0 Å². The van der Waals surface area contributed by atoms with Gasteiger partial charge in [0.1, 0.15) is 6.04 Å². The lowest BCUT2D eigenvalue weighted by molar-refractivity contribution is -0.119. The molecule has 6 nitrogen and oxygen atoms in total. The average Bonchev–Trinajstić information content (AvgIpc) is 2.90. The minimum Gasteiger partial charge on any atom is -0.396 e. The molecule has 0 saturated carbocycles. The zero-order valence-corrected chi connectivity index (χ0v) is 12.8. The molecule has 0 bridgehead atoms. The summed E-state index contributed by atoms with van der Waals surface area (Å²) < 4.78 is 24.5. The maximum atomic E-state index is 12.2. The van der Waals surface area contributed by atoms with Crippen LogP contribution in [-0.4, -0.2) is 49.2 Å². The first-order valence-corrected chi connectivity index (χ1v) is 8.74. The third-order valence-electron chi connectivity index (χ3n) is 3.55. The third-order valence-corrected chi connectivity index (χ3v) is 4.84. The number of nitrogens with one attached hydrogen (secondary N) is 1. The summed E-state index contributed by atoms with van der Waals surface area (Å²) in [5, 5.41) is 11.6. The van der Waals surface area contributed by atoms with Crippen LogP contribution in [0, 0.1) is 0 Å². The molecule has 1 atom stereocenters. The number of carbonyl (C=O) groups is 1. The molecular weight excluding hydrogens is 292 g/mol. The van der Waals surface area contributed by atoms with E-state index in [0.29, 0.717) is 31.5 Å². The smallest absolute Gasteiger partial charge is 0.242 e. The molecule has 1 saturated heterocycles. The highest BCUT2D eigenvalue weighted by Crippen LogP contribution is 2.22. The zero-order chi connectivity index (χ0) is 15.5. The van der Waals surface area contributed by atoms with E-state index in [1.807, 2.05) is 12.1 Å². The first kappa shape index (κ1) is 15.9. The molecule has 7 heteroatoms. The van der Waals surface area contributed by atoms with Crippen LogP contribution in [0.2, 0.25) is 0 Å². The topological polar surface area (TPSA) is 86.7 Å². The van der Waals surface area contributed by atoms with Gasteiger partial charge in [-0.3, -0.25) is 4.79 Å². The molecule has 1 aromatic rings. The number of aliphatic hydroxyl groups excluding tert-OH is 1. The molecule has 1 unspecified atom stereocenters. The Bertz CT molecular complexity index is 598. The Morgan fingerprint density at radius 1 is 1.38 bits per heavy atom. The van der Waals surface area contributed by atoms with Crippen LogP contribution < -0.4 is 5.32 Å². The lowest BCUT2D eigenvalue weighted by atomic mass is 10.1. The maximum Gasteiger partial charge on any atom is 0.242 e. The Labute approximate surface area is 124 Å². The molecule has 1 amide bonds. The van der Waals surface area contributed by atoms with Crippen LogP contribution in [0.5, 0.6) is 0 Å². The van der Waals surface area contributed by atoms with Gasteiger partial charge in [-0.25, -0.2) is 8.42 Å². The average molecular weight is 312 g/mol. The summed E-state index contributed by atoms with van der Waals surface area (Å²) in [5.74, 6) is -0.298. The highest BCUT2D eigenvalue weighted by molar-refractivity contribution is 7.88. The van der Waals surface area contributed by atoms with Crippen molar-refractivity contribution in [3.8, 4) is 0 Å². The number of hydrogen-bond donors (Lipinski definition) is 2. The predicted octanol–water partition coefficient (Wildman–Crippen LogP) is 0.584. The molecule has 1 aliphatic heterocycles. The van der Waals surface area contributed by atoms with Crippen LogP contribution in [0.4, 0.5) is 5.69 Å². The van der Waals surface area contributed by atoms with Gasteiger partial charge in [0.25, 0.3) is 0 Å². The van der Waals surface area contributed by atoms with Gasteiger partial charge in [0, 0.05) is 18.8 Å². The van der Waals surface area contributed by atoms with Crippen LogP contribution in [0.15, 0.2) is 24.3 Å². The van der Waals surface area contributed by atoms with Gasteiger partial charge in [-0.15, -0.1) is 0 Å². The van der Waals surface area contributed by atoms with E-state index in [-0.39, 0.29) is 12.5 Å². The molecule has 1 heterocycles. The Balaban J connectivity index is 2.04. The summed E-state index contributed by atoms with van der Waals surface area (Å²) in [7, 11) is -3.36. The number of nitrogens with zero attached hydrogens (tertiary/aromatic N) is 1. The fourth-order valence-electron chi connectivity index (χ4n) is 2.51. The van der Waals surface area contributed by atoms with E-state index in [2.05, 4.69) is 5.32 Å². The largest absolute Gasteiger partial charge is 0.396 e. The number of anilines is 1. The molecule has 1 aliphatic rings. The number of hydrogen-bond acceptors (Lipinski definition) is 4. The van der Waals surface area contributed by atoms with Crippen LogP contribution >= 0.6 is 0 Å². The SMILES string of the molecule is CS(=O)(=O)N1CCCC1C(=O)Nc1ccc(CCO)cc1. The molecule has 0 aliphatic carbocycles. The summed E-state index contributed by atoms with van der Waals surface area (Å²) in [5.41, 5.74) is 1.61. The molecule has 2 rings (SSSR count). The van der Waals surface area contributed by atoms with E-state index in [4.69, 9.17) is 5.11 Å². The fraction of sp³-hybridized carbons (Fsp3) is 0.500. The Hall–Kier alpha value is -1.44. The Morgan fingerprint density at radius 2 is 2.05 bits per heavy atom. The normalized spacial score (nSPS) is 19.6. The monoisotopic (exact) mass is 312 g/mol. The van der Waals surface area contributed by atoms with Gasteiger partial charge in [0.15, 0.2) is 0 Å². The van der Waals surface area contributed by atoms with E-state index < -0.39 is 16.1 Å². The second-order valence-electron chi connectivity index (χ2n) is 5.19. The minimum absolute atomic E-state index is 0.0805. The summed E-state index contributed by atoms with van der Waals surface area (Å²) >= 11 is 0. The summed E-state index contributed by atoms with van der Waals surface area (Å²) in [4.78, 5) is 12.2. The lowest BCUT2D eigenvalue weighted by Gasteiger charge is -2.21. The highest BCUT2D eigenvalue weighted by atomic mass is 32.2. The van der Waals surface area contributed by atoms with Crippen LogP contribution in [0.1, 0.15) is 18.4 Å². The Kier molecular flexibility index (Phi) is 4.97. The van der Waals surface area contributed by atoms with Crippen molar-refractivity contribution in [3.05, 3.63) is 29.8 Å². The van der Waals surface area contributed by atoms with Crippen molar-refractivity contribution in [1.82, 2.24) is 4.31 Å². The van der Waals surface area contributed by atoms with E-state index in [9.17, 15) is 13.2 Å². The fourth-order valence-corrected chi connectivity index (χ4v) is 3.63. The zero-order valence-electron chi connectivity index (χ0n) is 11.9. The van der Waals surface area contributed by atoms with Crippen LogP contribution in [0.25, 0.3) is 0 Å². The molecule has 1 fully saturated rings. The quantitative estimate of drug-likeness (QED) is 0.833. The number of carbonyl (C=O) groups excluding carboxylic acids is 1. The molecule has 0 aromatic heterocycles. The summed E-state index contributed by atoms with van der Waals surface area (Å²) in [6.45, 7) is 0.476. The standard InChI is InChI=1S/C14H20N2O4S/c1-21(19,20)16-9-2-3-13(16)14(18)15-12-6-4-11(5-7-12)8-10-17/h4-7,13,17H,2-3,8-10H2,1H3,(H,15,18). The molecule has 2 N–H and O–H groups in total. The number of amides is 1. The first-order chi connectivity index (χ1) is 9.91. The molecular formula is C14H20N2O4S. The van der Waals surface area contributed by atoms with Crippen LogP contribution in [0.3, 0.4) is 0 Å². The van der Waals surface area contributed by atoms with Crippen molar-refractivity contribution in [1.29, 1.82) is 0 Å². The molecule has 116 valence electrons. The summed E-state index contributed by atoms with van der Waals surface area (Å²) in [6.07, 6.45) is 2.93. The molecule has 0 spiro atoms. The van der Waals surface area contributed by atoms with Crippen molar-refractivity contribution >= 4 is 21.6 Å². The van der Waals surface area contributed by atoms with Gasteiger partial charge in [-0.1, -0.05) is 12.1 Å². The number of benzene rings is 1. The van der Waals surface area contributed by atoms with Crippen molar-refractivity contribution in [2.45, 2.75) is 25.3 Å². The van der Waals surface area contributed by atoms with E-state index in [0.717, 1.165) is 11.8 Å². The number of aliphatic hydroxyl groups is 1. The first-order valence-electron chi connectivity index (χ1n) is 6.89. The van der Waals surface area contributed by atoms with Crippen molar-refractivity contribution in [2.75, 3.05) is 24.7 Å². The van der Waals surface area contributed by atoms with E-state index in [1.165, 1.54) is 4.31 Å². The van der Waals surface area contributed by atoms with Gasteiger partial charge >= 0.3 is 0 Å².